The maximum Gasteiger partial charge on any atom is 0.266 e. The molecule has 4 N–H and O–H groups in total. The van der Waals surface area contributed by atoms with Gasteiger partial charge in [0.15, 0.2) is 0 Å². The fourth-order valence-corrected chi connectivity index (χ4v) is 2.82. The number of rotatable bonds is 9. The van der Waals surface area contributed by atoms with E-state index in [1.807, 2.05) is 27.7 Å². The van der Waals surface area contributed by atoms with Gasteiger partial charge in [0.05, 0.1) is 11.5 Å². The van der Waals surface area contributed by atoms with Crippen molar-refractivity contribution in [3.05, 3.63) is 0 Å². The van der Waals surface area contributed by atoms with E-state index < -0.39 is 20.2 Å². The third-order valence-corrected chi connectivity index (χ3v) is 3.94. The zero-order chi connectivity index (χ0) is 18.0. The Hall–Kier alpha value is -0.260. The van der Waals surface area contributed by atoms with Gasteiger partial charge in [-0.3, -0.25) is 9.11 Å². The van der Waals surface area contributed by atoms with Gasteiger partial charge in [0, 0.05) is 18.1 Å². The van der Waals surface area contributed by atoms with E-state index in [2.05, 4.69) is 10.6 Å². The highest BCUT2D eigenvalue weighted by Crippen LogP contribution is 1.91. The van der Waals surface area contributed by atoms with Gasteiger partial charge in [-0.15, -0.1) is 0 Å². The second-order valence-corrected chi connectivity index (χ2v) is 8.79. The van der Waals surface area contributed by atoms with Crippen molar-refractivity contribution >= 4 is 20.2 Å². The van der Waals surface area contributed by atoms with Gasteiger partial charge in [0.1, 0.15) is 0 Å². The third-order valence-electron chi connectivity index (χ3n) is 2.21. The minimum absolute atomic E-state index is 0.160. The summed E-state index contributed by atoms with van der Waals surface area (Å²) in [6.45, 7) is 10.1. The lowest BCUT2D eigenvalue weighted by Gasteiger charge is -2.14. The Morgan fingerprint density at radius 2 is 1.36 bits per heavy atom. The monoisotopic (exact) mass is 362 g/mol. The van der Waals surface area contributed by atoms with Gasteiger partial charge >= 0.3 is 0 Å². The van der Waals surface area contributed by atoms with Gasteiger partial charge < -0.3 is 10.6 Å². The highest BCUT2D eigenvalue weighted by atomic mass is 32.2. The number of nitrogens with one attached hydrogen (secondary N) is 2. The summed E-state index contributed by atoms with van der Waals surface area (Å²) in [7, 11) is -7.59. The Labute approximate surface area is 134 Å². The topological polar surface area (TPSA) is 133 Å². The molecule has 0 saturated carbocycles. The summed E-state index contributed by atoms with van der Waals surface area (Å²) in [5, 5.41) is 6.00. The molecule has 0 amide bonds. The molecule has 1 atom stereocenters. The zero-order valence-corrected chi connectivity index (χ0v) is 15.5. The van der Waals surface area contributed by atoms with Crippen LogP contribution in [0.2, 0.25) is 0 Å². The first-order valence-electron chi connectivity index (χ1n) is 7.12. The fraction of sp³-hybridized carbons (Fsp3) is 1.00. The third kappa shape index (κ3) is 24.7. The Kier molecular flexibility index (Phi) is 12.3. The van der Waals surface area contributed by atoms with E-state index in [4.69, 9.17) is 9.11 Å². The van der Waals surface area contributed by atoms with Crippen LogP contribution in [0.1, 0.15) is 41.0 Å². The lowest BCUT2D eigenvalue weighted by Crippen LogP contribution is -2.37. The summed E-state index contributed by atoms with van der Waals surface area (Å²) in [5.41, 5.74) is 0. The molecule has 22 heavy (non-hydrogen) atoms. The molecule has 136 valence electrons. The molecule has 0 aliphatic carbocycles. The summed E-state index contributed by atoms with van der Waals surface area (Å²) < 4.78 is 57.8. The van der Waals surface area contributed by atoms with Crippen molar-refractivity contribution in [2.75, 3.05) is 18.1 Å². The summed E-state index contributed by atoms with van der Waals surface area (Å²) in [5.74, 6) is -0.391. The summed E-state index contributed by atoms with van der Waals surface area (Å²) in [4.78, 5) is 0. The number of hydrogen-bond acceptors (Lipinski definition) is 6. The largest absolute Gasteiger partial charge is 0.314 e. The molecule has 0 heterocycles. The predicted octanol–water partition coefficient (Wildman–Crippen LogP) is 0.523. The van der Waals surface area contributed by atoms with Crippen LogP contribution in [0.5, 0.6) is 0 Å². The molecular weight excluding hydrogens is 332 g/mol. The molecule has 0 aromatic heterocycles. The van der Waals surface area contributed by atoms with Crippen LogP contribution in [0.25, 0.3) is 0 Å². The van der Waals surface area contributed by atoms with E-state index in [0.29, 0.717) is 19.0 Å². The lowest BCUT2D eigenvalue weighted by molar-refractivity contribution is 0.458. The maximum atomic E-state index is 10.3. The molecule has 0 aromatic rings. The van der Waals surface area contributed by atoms with Crippen molar-refractivity contribution in [1.82, 2.24) is 10.6 Å². The molecule has 0 saturated heterocycles. The minimum Gasteiger partial charge on any atom is -0.314 e. The average molecular weight is 363 g/mol. The van der Waals surface area contributed by atoms with Crippen molar-refractivity contribution in [3.63, 3.8) is 0 Å². The Bertz CT molecular complexity index is 474. The van der Waals surface area contributed by atoms with Gasteiger partial charge in [-0.25, -0.2) is 0 Å². The molecule has 0 radical (unpaired) electrons. The first-order valence-corrected chi connectivity index (χ1v) is 10.3. The summed E-state index contributed by atoms with van der Waals surface area (Å²) in [6.07, 6.45) is 0.455. The van der Waals surface area contributed by atoms with E-state index >= 15 is 0 Å². The van der Waals surface area contributed by atoms with E-state index in [9.17, 15) is 16.8 Å². The van der Waals surface area contributed by atoms with Crippen LogP contribution in [0.4, 0.5) is 0 Å². The second-order valence-electron chi connectivity index (χ2n) is 5.72. The Morgan fingerprint density at radius 3 is 1.68 bits per heavy atom. The van der Waals surface area contributed by atoms with Gasteiger partial charge in [-0.05, 0) is 19.9 Å². The molecule has 0 aliphatic heterocycles. The van der Waals surface area contributed by atoms with Crippen molar-refractivity contribution in [3.8, 4) is 0 Å². The van der Waals surface area contributed by atoms with E-state index in [1.165, 1.54) is 0 Å². The highest BCUT2D eigenvalue weighted by molar-refractivity contribution is 7.86. The predicted molar refractivity (Wildman–Crippen MR) is 88.3 cm³/mol. The molecule has 8 nitrogen and oxygen atoms in total. The van der Waals surface area contributed by atoms with Crippen LogP contribution in [0.15, 0.2) is 0 Å². The molecule has 0 aliphatic rings. The standard InChI is InChI=1S/2C6H15NO3S/c1-5(2)7-6(3)4-11(8,9)10;1-6(2)7-4-3-5-11(8,9)10/h5-7H,4H2,1-3H3,(H,8,9,10);6-7H,3-5H2,1-2H3,(H,8,9,10). The zero-order valence-electron chi connectivity index (χ0n) is 13.9. The second kappa shape index (κ2) is 11.3. The van der Waals surface area contributed by atoms with Crippen molar-refractivity contribution in [2.24, 2.45) is 0 Å². The van der Waals surface area contributed by atoms with Crippen LogP contribution in [0.3, 0.4) is 0 Å². The van der Waals surface area contributed by atoms with Gasteiger partial charge in [0.2, 0.25) is 0 Å². The lowest BCUT2D eigenvalue weighted by atomic mass is 10.3. The maximum absolute atomic E-state index is 10.3. The first kappa shape index (κ1) is 24.0. The first-order chi connectivity index (χ1) is 9.73. The number of hydrogen-bond donors (Lipinski definition) is 4. The van der Waals surface area contributed by atoms with Crippen LogP contribution < -0.4 is 10.6 Å². The van der Waals surface area contributed by atoms with Crippen molar-refractivity contribution in [2.45, 2.75) is 59.2 Å². The summed E-state index contributed by atoms with van der Waals surface area (Å²) >= 11 is 0. The van der Waals surface area contributed by atoms with Gasteiger partial charge in [-0.1, -0.05) is 27.7 Å². The molecule has 0 rings (SSSR count). The van der Waals surface area contributed by atoms with Crippen molar-refractivity contribution < 1.29 is 25.9 Å². The van der Waals surface area contributed by atoms with Crippen LogP contribution in [-0.2, 0) is 20.2 Å². The molecule has 0 aromatic carbocycles. The molecule has 0 fully saturated rings. The molecule has 0 spiro atoms. The van der Waals surface area contributed by atoms with E-state index in [-0.39, 0.29) is 23.6 Å². The van der Waals surface area contributed by atoms with Crippen LogP contribution in [-0.4, -0.2) is 62.1 Å². The van der Waals surface area contributed by atoms with E-state index in [1.54, 1.807) is 6.92 Å². The Morgan fingerprint density at radius 1 is 0.864 bits per heavy atom. The quantitative estimate of drug-likeness (QED) is 0.345. The van der Waals surface area contributed by atoms with Crippen LogP contribution in [0, 0.1) is 0 Å². The van der Waals surface area contributed by atoms with Gasteiger partial charge in [0.25, 0.3) is 20.2 Å². The molecule has 1 unspecified atom stereocenters. The molecular formula is C12H30N2O6S2. The smallest absolute Gasteiger partial charge is 0.266 e. The SMILES string of the molecule is CC(C)NC(C)CS(=O)(=O)O.CC(C)NCCCS(=O)(=O)O. The van der Waals surface area contributed by atoms with Gasteiger partial charge in [-0.2, -0.15) is 16.8 Å². The fourth-order valence-electron chi connectivity index (χ4n) is 1.58. The molecule has 10 heteroatoms. The highest BCUT2D eigenvalue weighted by Gasteiger charge is 2.12. The van der Waals surface area contributed by atoms with E-state index in [0.717, 1.165) is 0 Å². The van der Waals surface area contributed by atoms with Crippen molar-refractivity contribution in [1.29, 1.82) is 0 Å². The Balaban J connectivity index is 0. The minimum atomic E-state index is -3.83. The summed E-state index contributed by atoms with van der Waals surface area (Å²) in [6, 6.07) is 0.383. The normalized spacial score (nSPS) is 13.9. The average Bonchev–Trinajstić information content (AvgIpc) is 2.19. The molecule has 0 bridgehead atoms. The van der Waals surface area contributed by atoms with Crippen LogP contribution >= 0.6 is 0 Å².